The first kappa shape index (κ1) is 26.1. The first-order valence-electron chi connectivity index (χ1n) is 13.5. The molecule has 7 nitrogen and oxygen atoms in total. The molecule has 2 heterocycles. The first-order chi connectivity index (χ1) is 19.4. The van der Waals surface area contributed by atoms with Gasteiger partial charge >= 0.3 is 0 Å². The van der Waals surface area contributed by atoms with E-state index in [1.807, 2.05) is 110 Å². The Morgan fingerprint density at radius 2 is 1.40 bits per heavy atom. The molecular formula is C32H33N5O2S. The van der Waals surface area contributed by atoms with Gasteiger partial charge in [-0.2, -0.15) is 5.10 Å². The molecule has 0 bridgehead atoms. The summed E-state index contributed by atoms with van der Waals surface area (Å²) < 4.78 is 31.1. The van der Waals surface area contributed by atoms with Gasteiger partial charge in [0, 0.05) is 67.7 Å². The van der Waals surface area contributed by atoms with Crippen LogP contribution in [-0.4, -0.2) is 75.8 Å². The predicted octanol–water partition coefficient (Wildman–Crippen LogP) is 5.35. The number of fused-ring (bicyclic) bond motifs is 2. The molecule has 1 aromatic heterocycles. The number of aromatic nitrogens is 1. The highest BCUT2D eigenvalue weighted by Crippen LogP contribution is 2.38. The van der Waals surface area contributed by atoms with Crippen molar-refractivity contribution in [2.24, 2.45) is 5.10 Å². The number of para-hydroxylation sites is 1. The fraction of sp³-hybridized carbons (Fsp3) is 0.219. The maximum atomic E-state index is 14.8. The Labute approximate surface area is 235 Å². The van der Waals surface area contributed by atoms with Gasteiger partial charge in [0.15, 0.2) is 0 Å². The van der Waals surface area contributed by atoms with E-state index in [0.29, 0.717) is 16.6 Å². The van der Waals surface area contributed by atoms with Crippen LogP contribution in [0.25, 0.3) is 32.9 Å². The lowest BCUT2D eigenvalue weighted by molar-refractivity contribution is 0.159. The largest absolute Gasteiger partial charge is 0.377 e. The van der Waals surface area contributed by atoms with Crippen molar-refractivity contribution in [1.82, 2.24) is 13.9 Å². The van der Waals surface area contributed by atoms with Gasteiger partial charge in [0.2, 0.25) is 0 Å². The molecular weight excluding hydrogens is 518 g/mol. The number of nitrogens with zero attached hydrogens (tertiary/aromatic N) is 5. The molecule has 40 heavy (non-hydrogen) atoms. The highest BCUT2D eigenvalue weighted by Gasteiger charge is 2.29. The van der Waals surface area contributed by atoms with Crippen LogP contribution >= 0.6 is 0 Å². The molecule has 5 aromatic rings. The first-order valence-corrected chi connectivity index (χ1v) is 14.9. The van der Waals surface area contributed by atoms with Gasteiger partial charge in [-0.05, 0) is 30.8 Å². The van der Waals surface area contributed by atoms with Crippen LogP contribution in [0.5, 0.6) is 0 Å². The SMILES string of the molecule is CN1CCN(/N=C/c2c(-c3ccccc3)n(S(=O)(=O)c3cccc4c(N(C)C)cccc34)c3ccccc23)CC1. The molecule has 1 saturated heterocycles. The van der Waals surface area contributed by atoms with E-state index in [1.165, 1.54) is 3.97 Å². The van der Waals surface area contributed by atoms with Gasteiger partial charge in [-0.3, -0.25) is 5.01 Å². The van der Waals surface area contributed by atoms with Crippen LogP contribution in [0.1, 0.15) is 5.56 Å². The van der Waals surface area contributed by atoms with Gasteiger partial charge in [0.1, 0.15) is 0 Å². The zero-order valence-corrected chi connectivity index (χ0v) is 23.8. The van der Waals surface area contributed by atoms with Crippen LogP contribution in [0.15, 0.2) is 101 Å². The lowest BCUT2D eigenvalue weighted by Crippen LogP contribution is -2.41. The summed E-state index contributed by atoms with van der Waals surface area (Å²) in [5.41, 5.74) is 3.81. The van der Waals surface area contributed by atoms with Crippen molar-refractivity contribution in [3.05, 3.63) is 96.6 Å². The average Bonchev–Trinajstić information content (AvgIpc) is 3.31. The van der Waals surface area contributed by atoms with Gasteiger partial charge in [-0.1, -0.05) is 72.8 Å². The zero-order valence-electron chi connectivity index (χ0n) is 23.0. The second-order valence-corrected chi connectivity index (χ2v) is 12.2. The number of hydrazone groups is 1. The van der Waals surface area contributed by atoms with Crippen LogP contribution < -0.4 is 4.90 Å². The molecule has 1 aliphatic rings. The standard InChI is InChI=1S/C32H33N5O2S/c1-34(2)29-17-9-15-27-25(29)14-10-18-31(27)40(38,39)37-30-16-8-7-13-26(30)28(32(37)24-11-5-4-6-12-24)23-33-36-21-19-35(3)20-22-36/h4-18,23H,19-22H2,1-3H3/b33-23+. The summed E-state index contributed by atoms with van der Waals surface area (Å²) in [6.45, 7) is 3.54. The van der Waals surface area contributed by atoms with Crippen molar-refractivity contribution >= 4 is 43.6 Å². The van der Waals surface area contributed by atoms with Crippen molar-refractivity contribution in [2.75, 3.05) is 52.2 Å². The Balaban J connectivity index is 1.62. The van der Waals surface area contributed by atoms with Crippen LogP contribution in [0.4, 0.5) is 5.69 Å². The van der Waals surface area contributed by atoms with Crippen LogP contribution in [0.2, 0.25) is 0 Å². The molecule has 0 amide bonds. The summed E-state index contributed by atoms with van der Waals surface area (Å²) in [6, 6.07) is 28.7. The van der Waals surface area contributed by atoms with Crippen molar-refractivity contribution in [3.8, 4) is 11.3 Å². The Kier molecular flexibility index (Phi) is 6.82. The monoisotopic (exact) mass is 551 g/mol. The minimum atomic E-state index is -4.03. The van der Waals surface area contributed by atoms with Crippen LogP contribution in [0, 0.1) is 0 Å². The van der Waals surface area contributed by atoms with Crippen LogP contribution in [-0.2, 0) is 10.0 Å². The third-order valence-corrected chi connectivity index (χ3v) is 9.38. The maximum absolute atomic E-state index is 14.8. The molecule has 0 saturated carbocycles. The van der Waals surface area contributed by atoms with E-state index in [2.05, 4.69) is 17.0 Å². The predicted molar refractivity (Wildman–Crippen MR) is 165 cm³/mol. The molecule has 204 valence electrons. The Morgan fingerprint density at radius 1 is 0.750 bits per heavy atom. The highest BCUT2D eigenvalue weighted by atomic mass is 32.2. The minimum Gasteiger partial charge on any atom is -0.377 e. The van der Waals surface area contributed by atoms with Gasteiger partial charge < -0.3 is 9.80 Å². The second kappa shape index (κ2) is 10.4. The van der Waals surface area contributed by atoms with E-state index < -0.39 is 10.0 Å². The van der Waals surface area contributed by atoms with Crippen molar-refractivity contribution in [1.29, 1.82) is 0 Å². The fourth-order valence-electron chi connectivity index (χ4n) is 5.51. The van der Waals surface area contributed by atoms with E-state index in [0.717, 1.165) is 53.8 Å². The third kappa shape index (κ3) is 4.53. The van der Waals surface area contributed by atoms with E-state index in [-0.39, 0.29) is 4.90 Å². The summed E-state index contributed by atoms with van der Waals surface area (Å²) in [7, 11) is 2.02. The van der Waals surface area contributed by atoms with Crippen molar-refractivity contribution in [2.45, 2.75) is 4.90 Å². The fourth-order valence-corrected chi connectivity index (χ4v) is 7.28. The molecule has 6 rings (SSSR count). The Morgan fingerprint density at radius 3 is 2.15 bits per heavy atom. The zero-order chi connectivity index (χ0) is 27.9. The molecule has 0 spiro atoms. The van der Waals surface area contributed by atoms with E-state index in [1.54, 1.807) is 6.07 Å². The van der Waals surface area contributed by atoms with Crippen molar-refractivity contribution < 1.29 is 8.42 Å². The lowest BCUT2D eigenvalue weighted by Gasteiger charge is -2.30. The quantitative estimate of drug-likeness (QED) is 0.267. The Hall–Kier alpha value is -4.14. The number of rotatable bonds is 6. The summed E-state index contributed by atoms with van der Waals surface area (Å²) in [4.78, 5) is 4.56. The summed E-state index contributed by atoms with van der Waals surface area (Å²) in [5, 5.41) is 9.33. The molecule has 0 unspecified atom stereocenters. The summed E-state index contributed by atoms with van der Waals surface area (Å²) in [5.74, 6) is 0. The van der Waals surface area contributed by atoms with Gasteiger partial charge in [0.25, 0.3) is 10.0 Å². The average molecular weight is 552 g/mol. The number of hydrogen-bond acceptors (Lipinski definition) is 6. The number of likely N-dealkylation sites (N-methyl/N-ethyl adjacent to an activating group) is 1. The maximum Gasteiger partial charge on any atom is 0.269 e. The van der Waals surface area contributed by atoms with E-state index >= 15 is 0 Å². The van der Waals surface area contributed by atoms with Gasteiger partial charge in [-0.15, -0.1) is 0 Å². The summed E-state index contributed by atoms with van der Waals surface area (Å²) in [6.07, 6.45) is 1.84. The van der Waals surface area contributed by atoms with E-state index in [4.69, 9.17) is 5.10 Å². The number of benzene rings is 4. The highest BCUT2D eigenvalue weighted by molar-refractivity contribution is 7.90. The number of hydrogen-bond donors (Lipinski definition) is 0. The molecule has 8 heteroatoms. The van der Waals surface area contributed by atoms with Crippen molar-refractivity contribution in [3.63, 3.8) is 0 Å². The molecule has 4 aromatic carbocycles. The van der Waals surface area contributed by atoms with E-state index in [9.17, 15) is 8.42 Å². The topological polar surface area (TPSA) is 61.2 Å². The smallest absolute Gasteiger partial charge is 0.269 e. The molecule has 0 atom stereocenters. The normalized spacial score (nSPS) is 14.9. The second-order valence-electron chi connectivity index (χ2n) is 10.4. The molecule has 1 fully saturated rings. The third-order valence-electron chi connectivity index (χ3n) is 7.61. The van der Waals surface area contributed by atoms with Gasteiger partial charge in [-0.25, -0.2) is 12.4 Å². The lowest BCUT2D eigenvalue weighted by atomic mass is 10.1. The number of piperazine rings is 1. The molecule has 0 N–H and O–H groups in total. The number of anilines is 1. The summed E-state index contributed by atoms with van der Waals surface area (Å²) >= 11 is 0. The van der Waals surface area contributed by atoms with Gasteiger partial charge in [0.05, 0.1) is 22.3 Å². The minimum absolute atomic E-state index is 0.272. The molecule has 0 radical (unpaired) electrons. The van der Waals surface area contributed by atoms with Crippen LogP contribution in [0.3, 0.4) is 0 Å². The molecule has 0 aliphatic carbocycles. The Bertz CT molecular complexity index is 1820. The molecule has 1 aliphatic heterocycles.